The van der Waals surface area contributed by atoms with E-state index in [1.54, 1.807) is 11.0 Å². The van der Waals surface area contributed by atoms with Crippen LogP contribution >= 0.6 is 0 Å². The predicted molar refractivity (Wildman–Crippen MR) is 79.9 cm³/mol. The molecule has 4 heteroatoms. The second-order valence-corrected chi connectivity index (χ2v) is 6.27. The molecule has 4 rings (SSSR count). The van der Waals surface area contributed by atoms with Crippen molar-refractivity contribution in [3.05, 3.63) is 42.5 Å². The summed E-state index contributed by atoms with van der Waals surface area (Å²) < 4.78 is 0. The first-order valence-electron chi connectivity index (χ1n) is 7.39. The third-order valence-corrected chi connectivity index (χ3v) is 5.48. The van der Waals surface area contributed by atoms with Crippen LogP contribution in [0.2, 0.25) is 0 Å². The van der Waals surface area contributed by atoms with E-state index < -0.39 is 5.41 Å². The van der Waals surface area contributed by atoms with Crippen molar-refractivity contribution < 1.29 is 9.59 Å². The number of para-hydroxylation sites is 1. The lowest BCUT2D eigenvalue weighted by Gasteiger charge is -2.54. The zero-order chi connectivity index (χ0) is 14.8. The summed E-state index contributed by atoms with van der Waals surface area (Å²) in [4.78, 5) is 29.2. The van der Waals surface area contributed by atoms with E-state index in [2.05, 4.69) is 6.58 Å². The molecule has 0 N–H and O–H groups in total. The van der Waals surface area contributed by atoms with E-state index in [1.165, 1.54) is 0 Å². The van der Waals surface area contributed by atoms with Crippen LogP contribution < -0.4 is 4.90 Å². The molecule has 3 unspecified atom stereocenters. The van der Waals surface area contributed by atoms with Gasteiger partial charge in [-0.25, -0.2) is 0 Å². The van der Waals surface area contributed by atoms with Gasteiger partial charge in [-0.2, -0.15) is 0 Å². The smallest absolute Gasteiger partial charge is 0.234 e. The van der Waals surface area contributed by atoms with Crippen LogP contribution in [0.1, 0.15) is 12.0 Å². The van der Waals surface area contributed by atoms with Crippen LogP contribution in [0.25, 0.3) is 0 Å². The van der Waals surface area contributed by atoms with E-state index in [4.69, 9.17) is 0 Å². The molecule has 2 heterocycles. The van der Waals surface area contributed by atoms with Crippen LogP contribution in [0, 0.1) is 11.8 Å². The standard InChI is InChI=1S/C17H18N2O2/c1-3-8-19-10-11-9-13-15(20)18(2)14-7-5-4-6-12(14)17(11,13)16(19)21/h3-7,11,13H,1,8-10H2,2H3. The van der Waals surface area contributed by atoms with Crippen molar-refractivity contribution in [2.24, 2.45) is 11.8 Å². The van der Waals surface area contributed by atoms with E-state index >= 15 is 0 Å². The maximum atomic E-state index is 13.0. The fraction of sp³-hybridized carbons (Fsp3) is 0.412. The van der Waals surface area contributed by atoms with E-state index in [0.29, 0.717) is 6.54 Å². The van der Waals surface area contributed by atoms with Crippen LogP contribution in [0.5, 0.6) is 0 Å². The van der Waals surface area contributed by atoms with Crippen LogP contribution in [0.4, 0.5) is 5.69 Å². The van der Waals surface area contributed by atoms with Crippen molar-refractivity contribution in [2.45, 2.75) is 11.8 Å². The van der Waals surface area contributed by atoms with Gasteiger partial charge < -0.3 is 9.80 Å². The van der Waals surface area contributed by atoms with E-state index in [-0.39, 0.29) is 23.7 Å². The number of anilines is 1. The van der Waals surface area contributed by atoms with Gasteiger partial charge in [0.25, 0.3) is 0 Å². The average molecular weight is 282 g/mol. The molecule has 1 spiro atoms. The lowest BCUT2D eigenvalue weighted by atomic mass is 9.49. The molecule has 0 aromatic heterocycles. The van der Waals surface area contributed by atoms with E-state index in [0.717, 1.165) is 24.2 Å². The Labute approximate surface area is 124 Å². The number of nitrogens with zero attached hydrogens (tertiary/aromatic N) is 2. The van der Waals surface area contributed by atoms with Gasteiger partial charge in [-0.05, 0) is 24.0 Å². The van der Waals surface area contributed by atoms with Crippen molar-refractivity contribution in [1.82, 2.24) is 4.90 Å². The van der Waals surface area contributed by atoms with E-state index in [1.807, 2.05) is 36.2 Å². The first kappa shape index (κ1) is 12.6. The Bertz CT molecular complexity index is 669. The number of hydrogen-bond donors (Lipinski definition) is 0. The Balaban J connectivity index is 1.91. The van der Waals surface area contributed by atoms with Gasteiger partial charge in [-0.3, -0.25) is 9.59 Å². The zero-order valence-corrected chi connectivity index (χ0v) is 12.1. The Morgan fingerprint density at radius 3 is 2.90 bits per heavy atom. The molecule has 1 saturated heterocycles. The summed E-state index contributed by atoms with van der Waals surface area (Å²) >= 11 is 0. The number of rotatable bonds is 2. The fourth-order valence-electron chi connectivity index (χ4n) is 4.53. The molecule has 3 atom stereocenters. The number of fused-ring (bicyclic) bond motifs is 1. The molecule has 3 aliphatic rings. The molecule has 2 amide bonds. The second kappa shape index (κ2) is 3.97. The number of benzene rings is 1. The molecule has 1 aliphatic carbocycles. The molecule has 2 aliphatic heterocycles. The highest BCUT2D eigenvalue weighted by atomic mass is 16.2. The third-order valence-electron chi connectivity index (χ3n) is 5.48. The van der Waals surface area contributed by atoms with Crippen LogP contribution in [0.15, 0.2) is 36.9 Å². The number of amides is 2. The van der Waals surface area contributed by atoms with Crippen molar-refractivity contribution in [3.63, 3.8) is 0 Å². The minimum atomic E-state index is -0.608. The lowest BCUT2D eigenvalue weighted by molar-refractivity contribution is -0.146. The van der Waals surface area contributed by atoms with Gasteiger partial charge in [0.2, 0.25) is 11.8 Å². The highest BCUT2D eigenvalue weighted by molar-refractivity contribution is 6.09. The summed E-state index contributed by atoms with van der Waals surface area (Å²) in [5.41, 5.74) is 1.31. The molecular weight excluding hydrogens is 264 g/mol. The maximum Gasteiger partial charge on any atom is 0.234 e. The highest BCUT2D eigenvalue weighted by Gasteiger charge is 2.71. The van der Waals surface area contributed by atoms with Crippen molar-refractivity contribution >= 4 is 17.5 Å². The molecule has 1 aromatic carbocycles. The summed E-state index contributed by atoms with van der Waals surface area (Å²) in [6.45, 7) is 5.04. The molecule has 108 valence electrons. The second-order valence-electron chi connectivity index (χ2n) is 6.27. The minimum absolute atomic E-state index is 0.0822. The highest BCUT2D eigenvalue weighted by Crippen LogP contribution is 2.62. The monoisotopic (exact) mass is 282 g/mol. The van der Waals surface area contributed by atoms with Gasteiger partial charge in [0, 0.05) is 25.8 Å². The van der Waals surface area contributed by atoms with Crippen molar-refractivity contribution in [1.29, 1.82) is 0 Å². The lowest BCUT2D eigenvalue weighted by Crippen LogP contribution is -2.63. The first-order chi connectivity index (χ1) is 10.1. The summed E-state index contributed by atoms with van der Waals surface area (Å²) in [5.74, 6) is 0.259. The van der Waals surface area contributed by atoms with E-state index in [9.17, 15) is 9.59 Å². The molecular formula is C17H18N2O2. The fourth-order valence-corrected chi connectivity index (χ4v) is 4.53. The van der Waals surface area contributed by atoms with Crippen LogP contribution in [-0.4, -0.2) is 36.9 Å². The zero-order valence-electron chi connectivity index (χ0n) is 12.1. The molecule has 4 nitrogen and oxygen atoms in total. The van der Waals surface area contributed by atoms with Crippen molar-refractivity contribution in [3.8, 4) is 0 Å². The quantitative estimate of drug-likeness (QED) is 0.773. The molecule has 21 heavy (non-hydrogen) atoms. The van der Waals surface area contributed by atoms with Gasteiger partial charge >= 0.3 is 0 Å². The summed E-state index contributed by atoms with van der Waals surface area (Å²) in [6.07, 6.45) is 2.58. The number of carbonyl (C=O) groups excluding carboxylic acids is 2. The topological polar surface area (TPSA) is 40.6 Å². The average Bonchev–Trinajstić information content (AvgIpc) is 2.66. The normalized spacial score (nSPS) is 33.2. The van der Waals surface area contributed by atoms with Gasteiger partial charge in [0.1, 0.15) is 0 Å². The Morgan fingerprint density at radius 1 is 1.38 bits per heavy atom. The molecule has 0 radical (unpaired) electrons. The summed E-state index contributed by atoms with van der Waals surface area (Å²) in [5, 5.41) is 0. The Morgan fingerprint density at radius 2 is 2.14 bits per heavy atom. The number of hydrogen-bond acceptors (Lipinski definition) is 2. The largest absolute Gasteiger partial charge is 0.338 e. The minimum Gasteiger partial charge on any atom is -0.338 e. The number of carbonyl (C=O) groups is 2. The molecule has 0 bridgehead atoms. The van der Waals surface area contributed by atoms with Crippen LogP contribution in [-0.2, 0) is 15.0 Å². The third kappa shape index (κ3) is 1.26. The predicted octanol–water partition coefficient (Wildman–Crippen LogP) is 1.57. The molecule has 2 fully saturated rings. The molecule has 1 aromatic rings. The van der Waals surface area contributed by atoms with Gasteiger partial charge in [-0.1, -0.05) is 24.3 Å². The summed E-state index contributed by atoms with van der Waals surface area (Å²) in [6, 6.07) is 7.85. The van der Waals surface area contributed by atoms with Gasteiger partial charge in [-0.15, -0.1) is 6.58 Å². The molecule has 1 saturated carbocycles. The number of likely N-dealkylation sites (tertiary alicyclic amines) is 1. The van der Waals surface area contributed by atoms with Gasteiger partial charge in [0.15, 0.2) is 0 Å². The Hall–Kier alpha value is -2.10. The summed E-state index contributed by atoms with van der Waals surface area (Å²) in [7, 11) is 1.81. The SMILES string of the molecule is C=CCN1CC2CC3C(=O)N(C)c4ccccc4C23C1=O. The van der Waals surface area contributed by atoms with Crippen molar-refractivity contribution in [2.75, 3.05) is 25.0 Å². The van der Waals surface area contributed by atoms with Gasteiger partial charge in [0.05, 0.1) is 11.3 Å². The Kier molecular flexibility index (Phi) is 2.39. The maximum absolute atomic E-state index is 13.0. The van der Waals surface area contributed by atoms with Crippen LogP contribution in [0.3, 0.4) is 0 Å². The first-order valence-corrected chi connectivity index (χ1v) is 7.39.